The molecule has 8 heteroatoms. The third kappa shape index (κ3) is 6.01. The molecule has 1 amide bonds. The Hall–Kier alpha value is -2.94. The van der Waals surface area contributed by atoms with Crippen LogP contribution in [0.4, 0.5) is 4.79 Å². The SMILES string of the molecule is O=C(OCOC(C(=O)OC1CC2CCC(C1)[N+]21CCCC1)(c1ccccc1)c1ccccc1)N1CCC(N2CCCCC2)CC1. The number of ether oxygens (including phenoxy) is 3. The maximum absolute atomic E-state index is 14.5. The zero-order chi connectivity index (χ0) is 30.7. The van der Waals surface area contributed by atoms with Crippen LogP contribution in [-0.4, -0.2) is 96.6 Å². The molecule has 8 nitrogen and oxygen atoms in total. The molecule has 0 aromatic heterocycles. The molecule has 7 rings (SSSR count). The number of likely N-dealkylation sites (tertiary alicyclic amines) is 2. The lowest BCUT2D eigenvalue weighted by Gasteiger charge is -2.47. The Balaban J connectivity index is 1.06. The Morgan fingerprint density at radius 1 is 0.733 bits per heavy atom. The highest BCUT2D eigenvalue weighted by Gasteiger charge is 2.57. The van der Waals surface area contributed by atoms with Crippen molar-refractivity contribution in [2.45, 2.75) is 100 Å². The number of piperidine rings is 3. The van der Waals surface area contributed by atoms with E-state index >= 15 is 0 Å². The second kappa shape index (κ2) is 13.4. The lowest BCUT2D eigenvalue weighted by Crippen LogP contribution is -2.60. The van der Waals surface area contributed by atoms with E-state index in [-0.39, 0.29) is 19.0 Å². The van der Waals surface area contributed by atoms with Gasteiger partial charge < -0.3 is 28.5 Å². The molecular weight excluding hydrogens is 566 g/mol. The van der Waals surface area contributed by atoms with Crippen LogP contribution in [0.1, 0.15) is 81.8 Å². The van der Waals surface area contributed by atoms with E-state index in [0.717, 1.165) is 25.7 Å². The van der Waals surface area contributed by atoms with E-state index in [1.54, 1.807) is 4.90 Å². The van der Waals surface area contributed by atoms with Gasteiger partial charge in [0.05, 0.1) is 25.2 Å². The minimum atomic E-state index is -1.56. The number of quaternary nitrogens is 1. The standard InChI is InChI=1S/C37H50N3O5/c41-35(45-34-26-32-16-17-33(27-34)40(32)24-10-11-25-40)37(29-12-4-1-5-13-29,30-14-6-2-7-15-30)44-28-43-36(42)39-22-18-31(19-23-39)38-20-8-3-9-21-38/h1-2,4-7,12-15,31-34H,3,8-11,16-28H2/q+1. The summed E-state index contributed by atoms with van der Waals surface area (Å²) < 4.78 is 19.9. The second-order valence-electron chi connectivity index (χ2n) is 14.0. The molecule has 2 aromatic rings. The monoisotopic (exact) mass is 616 g/mol. The minimum absolute atomic E-state index is 0.140. The molecular formula is C37H50N3O5+. The Morgan fingerprint density at radius 3 is 1.89 bits per heavy atom. The summed E-state index contributed by atoms with van der Waals surface area (Å²) in [7, 11) is 0. The number of nitrogens with zero attached hydrogens (tertiary/aromatic N) is 3. The molecule has 0 N–H and O–H groups in total. The van der Waals surface area contributed by atoms with E-state index in [2.05, 4.69) is 4.90 Å². The van der Waals surface area contributed by atoms with E-state index < -0.39 is 11.6 Å². The van der Waals surface area contributed by atoms with E-state index in [4.69, 9.17) is 14.2 Å². The lowest BCUT2D eigenvalue weighted by molar-refractivity contribution is -0.956. The number of carbonyl (C=O) groups excluding carboxylic acids is 2. The van der Waals surface area contributed by atoms with Crippen molar-refractivity contribution in [3.8, 4) is 0 Å². The summed E-state index contributed by atoms with van der Waals surface area (Å²) in [4.78, 5) is 32.1. The van der Waals surface area contributed by atoms with Crippen LogP contribution in [0.3, 0.4) is 0 Å². The van der Waals surface area contributed by atoms with Crippen LogP contribution in [0.15, 0.2) is 60.7 Å². The molecule has 0 saturated carbocycles. The normalized spacial score (nSPS) is 27.0. The van der Waals surface area contributed by atoms with Crippen LogP contribution in [-0.2, 0) is 24.6 Å². The summed E-state index contributed by atoms with van der Waals surface area (Å²) in [5.74, 6) is -0.433. The summed E-state index contributed by atoms with van der Waals surface area (Å²) in [5.41, 5.74) is -0.219. The molecule has 0 aliphatic carbocycles. The van der Waals surface area contributed by atoms with E-state index in [1.165, 1.54) is 75.6 Å². The fraction of sp³-hybridized carbons (Fsp3) is 0.622. The molecule has 5 aliphatic heterocycles. The number of carbonyl (C=O) groups is 2. The molecule has 242 valence electrons. The summed E-state index contributed by atoms with van der Waals surface area (Å²) in [6.07, 6.45) is 12.1. The van der Waals surface area contributed by atoms with Crippen LogP contribution < -0.4 is 0 Å². The predicted molar refractivity (Wildman–Crippen MR) is 171 cm³/mol. The number of hydrogen-bond acceptors (Lipinski definition) is 6. The zero-order valence-electron chi connectivity index (χ0n) is 26.7. The third-order valence-corrected chi connectivity index (χ3v) is 11.8. The highest BCUT2D eigenvalue weighted by atomic mass is 16.7. The van der Waals surface area contributed by atoms with Crippen molar-refractivity contribution in [2.75, 3.05) is 46.1 Å². The van der Waals surface area contributed by atoms with Crippen molar-refractivity contribution >= 4 is 12.1 Å². The van der Waals surface area contributed by atoms with Crippen molar-refractivity contribution in [1.29, 1.82) is 0 Å². The average molecular weight is 617 g/mol. The number of amides is 1. The zero-order valence-corrected chi connectivity index (χ0v) is 26.7. The second-order valence-corrected chi connectivity index (χ2v) is 14.0. The van der Waals surface area contributed by atoms with Crippen molar-refractivity contribution in [1.82, 2.24) is 9.80 Å². The Morgan fingerprint density at radius 2 is 1.31 bits per heavy atom. The van der Waals surface area contributed by atoms with E-state index in [0.29, 0.717) is 42.3 Å². The van der Waals surface area contributed by atoms with Crippen LogP contribution in [0.2, 0.25) is 0 Å². The van der Waals surface area contributed by atoms with Crippen LogP contribution in [0.25, 0.3) is 0 Å². The quantitative estimate of drug-likeness (QED) is 0.211. The van der Waals surface area contributed by atoms with Crippen molar-refractivity contribution in [3.63, 3.8) is 0 Å². The maximum Gasteiger partial charge on any atom is 0.411 e. The first-order valence-electron chi connectivity index (χ1n) is 17.6. The van der Waals surface area contributed by atoms with Crippen LogP contribution in [0, 0.1) is 0 Å². The molecule has 5 heterocycles. The van der Waals surface area contributed by atoms with Gasteiger partial charge in [-0.2, -0.15) is 0 Å². The van der Waals surface area contributed by atoms with Gasteiger partial charge in [0.1, 0.15) is 6.10 Å². The molecule has 45 heavy (non-hydrogen) atoms. The van der Waals surface area contributed by atoms with Crippen LogP contribution >= 0.6 is 0 Å². The summed E-state index contributed by atoms with van der Waals surface area (Å²) >= 11 is 0. The van der Waals surface area contributed by atoms with Crippen LogP contribution in [0.5, 0.6) is 0 Å². The summed E-state index contributed by atoms with van der Waals surface area (Å²) in [5, 5.41) is 0. The first-order valence-corrected chi connectivity index (χ1v) is 17.6. The molecule has 0 radical (unpaired) electrons. The van der Waals surface area contributed by atoms with Crippen molar-refractivity contribution in [3.05, 3.63) is 71.8 Å². The molecule has 2 bridgehead atoms. The highest BCUT2D eigenvalue weighted by molar-refractivity contribution is 5.86. The van der Waals surface area contributed by atoms with Gasteiger partial charge in [-0.1, -0.05) is 67.1 Å². The first kappa shape index (κ1) is 30.7. The molecule has 1 spiro atoms. The van der Waals surface area contributed by atoms with Crippen molar-refractivity contribution < 1.29 is 28.3 Å². The minimum Gasteiger partial charge on any atom is -0.459 e. The Kier molecular flexibility index (Phi) is 9.16. The number of esters is 1. The van der Waals surface area contributed by atoms with Gasteiger partial charge in [-0.25, -0.2) is 9.59 Å². The molecule has 2 atom stereocenters. The molecule has 5 saturated heterocycles. The van der Waals surface area contributed by atoms with Gasteiger partial charge in [0.2, 0.25) is 5.60 Å². The van der Waals surface area contributed by atoms with Crippen molar-refractivity contribution in [2.24, 2.45) is 0 Å². The fourth-order valence-electron chi connectivity index (χ4n) is 9.47. The van der Waals surface area contributed by atoms with Gasteiger partial charge in [-0.15, -0.1) is 0 Å². The van der Waals surface area contributed by atoms with Gasteiger partial charge in [-0.05, 0) is 49.9 Å². The highest BCUT2D eigenvalue weighted by Crippen LogP contribution is 2.47. The smallest absolute Gasteiger partial charge is 0.411 e. The van der Waals surface area contributed by atoms with Gasteiger partial charge in [0, 0.05) is 57.7 Å². The van der Waals surface area contributed by atoms with Gasteiger partial charge in [0.15, 0.2) is 6.79 Å². The summed E-state index contributed by atoms with van der Waals surface area (Å²) in [6, 6.07) is 20.8. The number of rotatable bonds is 8. The molecule has 2 unspecified atom stereocenters. The average Bonchev–Trinajstić information content (AvgIpc) is 3.64. The van der Waals surface area contributed by atoms with E-state index in [1.807, 2.05) is 60.7 Å². The third-order valence-electron chi connectivity index (χ3n) is 11.8. The topological polar surface area (TPSA) is 68.3 Å². The number of hydrogen-bond donors (Lipinski definition) is 0. The maximum atomic E-state index is 14.5. The molecule has 2 aromatic carbocycles. The first-order chi connectivity index (χ1) is 22.1. The molecule has 5 aliphatic rings. The van der Waals surface area contributed by atoms with Gasteiger partial charge in [0.25, 0.3) is 0 Å². The largest absolute Gasteiger partial charge is 0.459 e. The Labute approximate surface area is 268 Å². The summed E-state index contributed by atoms with van der Waals surface area (Å²) in [6.45, 7) is 5.89. The van der Waals surface area contributed by atoms with Gasteiger partial charge in [-0.3, -0.25) is 0 Å². The predicted octanol–water partition coefficient (Wildman–Crippen LogP) is 5.84. The fourth-order valence-corrected chi connectivity index (χ4v) is 9.47. The van der Waals surface area contributed by atoms with E-state index in [9.17, 15) is 9.59 Å². The van der Waals surface area contributed by atoms with Gasteiger partial charge >= 0.3 is 12.1 Å². The lowest BCUT2D eigenvalue weighted by atomic mass is 9.85. The number of benzene rings is 2. The molecule has 5 fully saturated rings. The Bertz CT molecular complexity index is 1230.